The van der Waals surface area contributed by atoms with Gasteiger partial charge in [-0.25, -0.2) is 9.97 Å². The van der Waals surface area contributed by atoms with Crippen molar-refractivity contribution in [1.82, 2.24) is 25.1 Å². The molecule has 0 radical (unpaired) electrons. The van der Waals surface area contributed by atoms with E-state index < -0.39 is 0 Å². The van der Waals surface area contributed by atoms with E-state index in [1.165, 1.54) is 6.33 Å². The molecule has 4 rings (SSSR count). The summed E-state index contributed by atoms with van der Waals surface area (Å²) in [6.07, 6.45) is 4.82. The van der Waals surface area contributed by atoms with Crippen LogP contribution in [0.1, 0.15) is 19.4 Å². The molecule has 0 fully saturated rings. The topological polar surface area (TPSA) is 115 Å². The molecule has 3 heterocycles. The van der Waals surface area contributed by atoms with Crippen LogP contribution in [0.3, 0.4) is 0 Å². The van der Waals surface area contributed by atoms with Crippen molar-refractivity contribution in [2.24, 2.45) is 0 Å². The number of aromatic amines is 2. The molecule has 0 unspecified atom stereocenters. The van der Waals surface area contributed by atoms with Crippen LogP contribution in [-0.2, 0) is 0 Å². The number of hydrogen-bond acceptors (Lipinski definition) is 6. The lowest BCUT2D eigenvalue weighted by molar-refractivity contribution is 0.244. The smallest absolute Gasteiger partial charge is 0.145 e. The van der Waals surface area contributed by atoms with Crippen LogP contribution in [0, 0.1) is 11.3 Å². The standard InChI is InChI=1S/C17H15N7O/c1-9(2)25-14-4-12-10(7-22-24-12)3-13(14)23-17-15-11(5-18)6-19-16(15)20-8-21-17/h3-4,6-9H,1-2H3,(H,22,24)(H2,19,20,21,23). The van der Waals surface area contributed by atoms with E-state index in [0.717, 1.165) is 16.6 Å². The number of anilines is 2. The Balaban J connectivity index is 1.85. The molecule has 0 amide bonds. The summed E-state index contributed by atoms with van der Waals surface area (Å²) in [6.45, 7) is 3.92. The normalized spacial score (nSPS) is 11.1. The second-order valence-electron chi connectivity index (χ2n) is 5.86. The van der Waals surface area contributed by atoms with Crippen LogP contribution in [0.2, 0.25) is 0 Å². The fourth-order valence-electron chi connectivity index (χ4n) is 2.69. The van der Waals surface area contributed by atoms with Crippen LogP contribution in [0.25, 0.3) is 21.9 Å². The summed E-state index contributed by atoms with van der Waals surface area (Å²) in [5.41, 5.74) is 2.71. The second kappa shape index (κ2) is 5.79. The molecule has 1 aromatic carbocycles. The van der Waals surface area contributed by atoms with Gasteiger partial charge in [-0.3, -0.25) is 5.10 Å². The Kier molecular flexibility index (Phi) is 3.47. The Morgan fingerprint density at radius 3 is 2.96 bits per heavy atom. The first-order valence-corrected chi connectivity index (χ1v) is 7.78. The lowest BCUT2D eigenvalue weighted by atomic mass is 10.2. The maximum absolute atomic E-state index is 9.31. The van der Waals surface area contributed by atoms with E-state index in [0.29, 0.717) is 28.2 Å². The summed E-state index contributed by atoms with van der Waals surface area (Å²) in [7, 11) is 0. The summed E-state index contributed by atoms with van der Waals surface area (Å²) in [4.78, 5) is 11.4. The Hall–Kier alpha value is -3.60. The molecule has 0 aliphatic rings. The summed E-state index contributed by atoms with van der Waals surface area (Å²) >= 11 is 0. The van der Waals surface area contributed by atoms with Gasteiger partial charge < -0.3 is 15.0 Å². The average molecular weight is 333 g/mol. The second-order valence-corrected chi connectivity index (χ2v) is 5.86. The Morgan fingerprint density at radius 2 is 2.16 bits per heavy atom. The van der Waals surface area contributed by atoms with Crippen molar-refractivity contribution in [3.8, 4) is 11.8 Å². The summed E-state index contributed by atoms with van der Waals surface area (Å²) in [6, 6.07) is 5.98. The quantitative estimate of drug-likeness (QED) is 0.528. The molecule has 0 saturated heterocycles. The zero-order valence-corrected chi connectivity index (χ0v) is 13.7. The van der Waals surface area contributed by atoms with Gasteiger partial charge in [0, 0.05) is 17.6 Å². The number of nitrogens with one attached hydrogen (secondary N) is 3. The van der Waals surface area contributed by atoms with Crippen LogP contribution >= 0.6 is 0 Å². The van der Waals surface area contributed by atoms with E-state index >= 15 is 0 Å². The zero-order chi connectivity index (χ0) is 17.4. The van der Waals surface area contributed by atoms with Gasteiger partial charge in [-0.05, 0) is 19.9 Å². The van der Waals surface area contributed by atoms with E-state index in [2.05, 4.69) is 36.5 Å². The molecule has 0 aliphatic heterocycles. The van der Waals surface area contributed by atoms with Crippen LogP contribution in [0.5, 0.6) is 5.75 Å². The molecule has 25 heavy (non-hydrogen) atoms. The summed E-state index contributed by atoms with van der Waals surface area (Å²) in [5, 5.41) is 21.2. The minimum absolute atomic E-state index is 0.00766. The van der Waals surface area contributed by atoms with Gasteiger partial charge in [0.15, 0.2) is 0 Å². The molecule has 0 spiro atoms. The molecule has 3 N–H and O–H groups in total. The number of nitrogens with zero attached hydrogens (tertiary/aromatic N) is 4. The fourth-order valence-corrected chi connectivity index (χ4v) is 2.69. The fraction of sp³-hybridized carbons (Fsp3) is 0.176. The van der Waals surface area contributed by atoms with E-state index in [4.69, 9.17) is 4.74 Å². The van der Waals surface area contributed by atoms with Gasteiger partial charge in [-0.1, -0.05) is 0 Å². The molecule has 124 valence electrons. The van der Waals surface area contributed by atoms with Gasteiger partial charge >= 0.3 is 0 Å². The van der Waals surface area contributed by atoms with Gasteiger partial charge in [0.1, 0.15) is 29.6 Å². The lowest BCUT2D eigenvalue weighted by Crippen LogP contribution is -2.08. The van der Waals surface area contributed by atoms with E-state index in [1.54, 1.807) is 12.4 Å². The van der Waals surface area contributed by atoms with Crippen molar-refractivity contribution >= 4 is 33.4 Å². The van der Waals surface area contributed by atoms with Gasteiger partial charge in [-0.2, -0.15) is 10.4 Å². The molecule has 0 atom stereocenters. The third kappa shape index (κ3) is 2.61. The Morgan fingerprint density at radius 1 is 1.28 bits per heavy atom. The maximum atomic E-state index is 9.31. The summed E-state index contributed by atoms with van der Waals surface area (Å²) < 4.78 is 5.92. The number of hydrogen-bond donors (Lipinski definition) is 3. The monoisotopic (exact) mass is 333 g/mol. The number of ether oxygens (including phenoxy) is 1. The number of fused-ring (bicyclic) bond motifs is 2. The third-order valence-electron chi connectivity index (χ3n) is 3.75. The minimum atomic E-state index is 0.00766. The number of benzene rings is 1. The molecular weight excluding hydrogens is 318 g/mol. The number of rotatable bonds is 4. The molecule has 3 aromatic heterocycles. The average Bonchev–Trinajstić information content (AvgIpc) is 3.21. The van der Waals surface area contributed by atoms with Crippen molar-refractivity contribution in [2.75, 3.05) is 5.32 Å². The lowest BCUT2D eigenvalue weighted by Gasteiger charge is -2.16. The van der Waals surface area contributed by atoms with Crippen molar-refractivity contribution in [1.29, 1.82) is 5.26 Å². The van der Waals surface area contributed by atoms with Crippen molar-refractivity contribution in [3.63, 3.8) is 0 Å². The first kappa shape index (κ1) is 15.0. The highest BCUT2D eigenvalue weighted by molar-refractivity contribution is 5.95. The van der Waals surface area contributed by atoms with E-state index in [-0.39, 0.29) is 6.10 Å². The highest BCUT2D eigenvalue weighted by atomic mass is 16.5. The van der Waals surface area contributed by atoms with Gasteiger partial charge in [0.05, 0.1) is 34.5 Å². The van der Waals surface area contributed by atoms with Crippen LogP contribution in [-0.4, -0.2) is 31.3 Å². The van der Waals surface area contributed by atoms with Crippen molar-refractivity contribution in [2.45, 2.75) is 20.0 Å². The highest BCUT2D eigenvalue weighted by Crippen LogP contribution is 2.34. The molecule has 0 aliphatic carbocycles. The van der Waals surface area contributed by atoms with Gasteiger partial charge in [-0.15, -0.1) is 0 Å². The zero-order valence-electron chi connectivity index (χ0n) is 13.7. The predicted molar refractivity (Wildman–Crippen MR) is 93.7 cm³/mol. The van der Waals surface area contributed by atoms with E-state index in [1.807, 2.05) is 26.0 Å². The minimum Gasteiger partial charge on any atom is -0.489 e. The predicted octanol–water partition coefficient (Wildman–Crippen LogP) is 3.24. The van der Waals surface area contributed by atoms with Crippen LogP contribution in [0.4, 0.5) is 11.5 Å². The number of H-pyrrole nitrogens is 2. The number of aromatic nitrogens is 5. The number of nitriles is 1. The van der Waals surface area contributed by atoms with Gasteiger partial charge in [0.25, 0.3) is 0 Å². The molecule has 0 bridgehead atoms. The maximum Gasteiger partial charge on any atom is 0.145 e. The molecular formula is C17H15N7O. The Labute approximate surface area is 142 Å². The third-order valence-corrected chi connectivity index (χ3v) is 3.75. The van der Waals surface area contributed by atoms with Crippen molar-refractivity contribution in [3.05, 3.63) is 36.4 Å². The summed E-state index contributed by atoms with van der Waals surface area (Å²) in [5.74, 6) is 1.21. The molecule has 0 saturated carbocycles. The first-order valence-electron chi connectivity index (χ1n) is 7.78. The molecule has 4 aromatic rings. The highest BCUT2D eigenvalue weighted by Gasteiger charge is 2.15. The van der Waals surface area contributed by atoms with E-state index in [9.17, 15) is 5.26 Å². The Bertz CT molecular complexity index is 1100. The van der Waals surface area contributed by atoms with Crippen molar-refractivity contribution < 1.29 is 4.74 Å². The van der Waals surface area contributed by atoms with Gasteiger partial charge in [0.2, 0.25) is 0 Å². The van der Waals surface area contributed by atoms with Crippen LogP contribution in [0.15, 0.2) is 30.9 Å². The molecule has 8 nitrogen and oxygen atoms in total. The largest absolute Gasteiger partial charge is 0.489 e. The SMILES string of the molecule is CC(C)Oc1cc2[nH]ncc2cc1Nc1ncnc2[nH]cc(C#N)c12. The first-order chi connectivity index (χ1) is 12.2. The molecule has 8 heteroatoms. The van der Waals surface area contributed by atoms with Crippen LogP contribution < -0.4 is 10.1 Å².